The van der Waals surface area contributed by atoms with Gasteiger partial charge in [-0.2, -0.15) is 0 Å². The van der Waals surface area contributed by atoms with E-state index in [-0.39, 0.29) is 0 Å². The molecule has 0 amide bonds. The van der Waals surface area contributed by atoms with Crippen LogP contribution in [0.1, 0.15) is 38.8 Å². The number of aromatic nitrogens is 2. The lowest BCUT2D eigenvalue weighted by Gasteiger charge is -2.06. The van der Waals surface area contributed by atoms with Crippen molar-refractivity contribution in [2.24, 2.45) is 5.92 Å². The topological polar surface area (TPSA) is 37.8 Å². The van der Waals surface area contributed by atoms with Crippen molar-refractivity contribution in [3.8, 4) is 0 Å². The van der Waals surface area contributed by atoms with Crippen LogP contribution in [0.2, 0.25) is 0 Å². The quantitative estimate of drug-likeness (QED) is 0.729. The second kappa shape index (κ2) is 6.38. The van der Waals surface area contributed by atoms with E-state index in [4.69, 9.17) is 0 Å². The Morgan fingerprint density at radius 1 is 1.27 bits per heavy atom. The first-order valence-electron chi connectivity index (χ1n) is 5.71. The van der Waals surface area contributed by atoms with Crippen molar-refractivity contribution in [2.45, 2.75) is 40.0 Å². The summed E-state index contributed by atoms with van der Waals surface area (Å²) in [5, 5.41) is 3.31. The van der Waals surface area contributed by atoms with Crippen molar-refractivity contribution in [3.63, 3.8) is 0 Å². The fraction of sp³-hybridized carbons (Fsp3) is 0.667. The number of unbranched alkanes of at least 4 members (excludes halogenated alkanes) is 1. The molecule has 0 saturated heterocycles. The molecule has 1 N–H and O–H groups in total. The highest BCUT2D eigenvalue weighted by Crippen LogP contribution is 2.07. The standard InChI is InChI=1S/C12H21N3/c1-10(2)6-4-5-7-13-12-8-11(3)14-9-15-12/h8-10H,4-7H2,1-3H3,(H,13,14,15). The van der Waals surface area contributed by atoms with Crippen LogP contribution in [0.25, 0.3) is 0 Å². The minimum absolute atomic E-state index is 0.811. The van der Waals surface area contributed by atoms with Crippen LogP contribution in [0.15, 0.2) is 12.4 Å². The number of rotatable bonds is 6. The molecule has 1 heterocycles. The molecule has 3 nitrogen and oxygen atoms in total. The van der Waals surface area contributed by atoms with Gasteiger partial charge in [0.1, 0.15) is 12.1 Å². The summed E-state index contributed by atoms with van der Waals surface area (Å²) < 4.78 is 0. The molecule has 0 aliphatic rings. The largest absolute Gasteiger partial charge is 0.370 e. The van der Waals surface area contributed by atoms with Gasteiger partial charge in [0.15, 0.2) is 0 Å². The predicted molar refractivity (Wildman–Crippen MR) is 63.9 cm³/mol. The minimum Gasteiger partial charge on any atom is -0.370 e. The molecule has 0 fully saturated rings. The van der Waals surface area contributed by atoms with E-state index >= 15 is 0 Å². The average Bonchev–Trinajstić information content (AvgIpc) is 2.17. The van der Waals surface area contributed by atoms with E-state index in [2.05, 4.69) is 29.1 Å². The van der Waals surface area contributed by atoms with Crippen LogP contribution in [0.3, 0.4) is 0 Å². The molecule has 84 valence electrons. The molecule has 1 rings (SSSR count). The summed E-state index contributed by atoms with van der Waals surface area (Å²) in [6, 6.07) is 1.97. The highest BCUT2D eigenvalue weighted by atomic mass is 15.0. The lowest BCUT2D eigenvalue weighted by atomic mass is 10.1. The highest BCUT2D eigenvalue weighted by molar-refractivity contribution is 5.33. The summed E-state index contributed by atoms with van der Waals surface area (Å²) in [5.74, 6) is 1.75. The van der Waals surface area contributed by atoms with Crippen molar-refractivity contribution in [1.82, 2.24) is 9.97 Å². The Balaban J connectivity index is 2.15. The third-order valence-electron chi connectivity index (χ3n) is 2.32. The molecular formula is C12H21N3. The molecule has 0 aliphatic carbocycles. The summed E-state index contributed by atoms with van der Waals surface area (Å²) in [7, 11) is 0. The Kier molecular flexibility index (Phi) is 5.08. The second-order valence-corrected chi connectivity index (χ2v) is 4.36. The molecule has 0 aromatic carbocycles. The van der Waals surface area contributed by atoms with E-state index in [1.807, 2.05) is 13.0 Å². The van der Waals surface area contributed by atoms with Gasteiger partial charge < -0.3 is 5.32 Å². The lowest BCUT2D eigenvalue weighted by molar-refractivity contribution is 0.544. The van der Waals surface area contributed by atoms with Gasteiger partial charge in [-0.15, -0.1) is 0 Å². The zero-order valence-corrected chi connectivity index (χ0v) is 9.95. The third kappa shape index (κ3) is 5.35. The maximum atomic E-state index is 4.15. The van der Waals surface area contributed by atoms with Crippen molar-refractivity contribution in [2.75, 3.05) is 11.9 Å². The lowest BCUT2D eigenvalue weighted by Crippen LogP contribution is -2.04. The van der Waals surface area contributed by atoms with E-state index < -0.39 is 0 Å². The van der Waals surface area contributed by atoms with Gasteiger partial charge in [-0.05, 0) is 19.3 Å². The number of hydrogen-bond acceptors (Lipinski definition) is 3. The first kappa shape index (κ1) is 12.0. The molecule has 0 aliphatic heterocycles. The Hall–Kier alpha value is -1.12. The van der Waals surface area contributed by atoms with E-state index in [0.717, 1.165) is 24.0 Å². The maximum absolute atomic E-state index is 4.15. The fourth-order valence-corrected chi connectivity index (χ4v) is 1.45. The van der Waals surface area contributed by atoms with Crippen molar-refractivity contribution < 1.29 is 0 Å². The summed E-state index contributed by atoms with van der Waals surface area (Å²) >= 11 is 0. The number of aryl methyl sites for hydroxylation is 1. The fourth-order valence-electron chi connectivity index (χ4n) is 1.45. The smallest absolute Gasteiger partial charge is 0.129 e. The van der Waals surface area contributed by atoms with E-state index in [1.165, 1.54) is 19.3 Å². The van der Waals surface area contributed by atoms with Gasteiger partial charge in [0, 0.05) is 18.3 Å². The molecule has 15 heavy (non-hydrogen) atoms. The van der Waals surface area contributed by atoms with Crippen LogP contribution in [0, 0.1) is 12.8 Å². The Morgan fingerprint density at radius 3 is 2.73 bits per heavy atom. The van der Waals surface area contributed by atoms with Crippen molar-refractivity contribution >= 4 is 5.82 Å². The molecule has 0 radical (unpaired) electrons. The van der Waals surface area contributed by atoms with Crippen LogP contribution >= 0.6 is 0 Å². The molecule has 0 spiro atoms. The molecule has 1 aromatic rings. The Bertz CT molecular complexity index is 284. The first-order valence-corrected chi connectivity index (χ1v) is 5.71. The molecule has 1 aromatic heterocycles. The number of hydrogen-bond donors (Lipinski definition) is 1. The minimum atomic E-state index is 0.811. The second-order valence-electron chi connectivity index (χ2n) is 4.36. The number of nitrogens with one attached hydrogen (secondary N) is 1. The zero-order valence-electron chi connectivity index (χ0n) is 9.95. The molecular weight excluding hydrogens is 186 g/mol. The zero-order chi connectivity index (χ0) is 11.1. The van der Waals surface area contributed by atoms with Gasteiger partial charge in [-0.25, -0.2) is 9.97 Å². The highest BCUT2D eigenvalue weighted by Gasteiger charge is 1.96. The Morgan fingerprint density at radius 2 is 2.07 bits per heavy atom. The summed E-state index contributed by atoms with van der Waals surface area (Å²) in [5.41, 5.74) is 1.01. The van der Waals surface area contributed by atoms with Crippen LogP contribution in [-0.2, 0) is 0 Å². The van der Waals surface area contributed by atoms with Crippen molar-refractivity contribution in [3.05, 3.63) is 18.1 Å². The van der Waals surface area contributed by atoms with Gasteiger partial charge in [-0.3, -0.25) is 0 Å². The molecule has 0 bridgehead atoms. The van der Waals surface area contributed by atoms with Gasteiger partial charge in [0.2, 0.25) is 0 Å². The summed E-state index contributed by atoms with van der Waals surface area (Å²) in [6.07, 6.45) is 5.41. The summed E-state index contributed by atoms with van der Waals surface area (Å²) in [4.78, 5) is 8.21. The molecule has 0 unspecified atom stereocenters. The maximum Gasteiger partial charge on any atom is 0.129 e. The van der Waals surface area contributed by atoms with E-state index in [0.29, 0.717) is 0 Å². The van der Waals surface area contributed by atoms with Crippen LogP contribution in [0.5, 0.6) is 0 Å². The average molecular weight is 207 g/mol. The molecule has 0 atom stereocenters. The third-order valence-corrected chi connectivity index (χ3v) is 2.32. The first-order chi connectivity index (χ1) is 7.18. The summed E-state index contributed by atoms with van der Waals surface area (Å²) in [6.45, 7) is 7.51. The van der Waals surface area contributed by atoms with Gasteiger partial charge >= 0.3 is 0 Å². The van der Waals surface area contributed by atoms with Gasteiger partial charge in [-0.1, -0.05) is 26.7 Å². The van der Waals surface area contributed by atoms with Gasteiger partial charge in [0.05, 0.1) is 0 Å². The van der Waals surface area contributed by atoms with E-state index in [9.17, 15) is 0 Å². The number of nitrogens with zero attached hydrogens (tertiary/aromatic N) is 2. The monoisotopic (exact) mass is 207 g/mol. The van der Waals surface area contributed by atoms with Crippen LogP contribution in [-0.4, -0.2) is 16.5 Å². The normalized spacial score (nSPS) is 10.7. The van der Waals surface area contributed by atoms with Crippen LogP contribution in [0.4, 0.5) is 5.82 Å². The van der Waals surface area contributed by atoms with Crippen molar-refractivity contribution in [1.29, 1.82) is 0 Å². The van der Waals surface area contributed by atoms with Crippen LogP contribution < -0.4 is 5.32 Å². The molecule has 0 saturated carbocycles. The number of anilines is 1. The Labute approximate surface area is 92.3 Å². The SMILES string of the molecule is Cc1cc(NCCCCC(C)C)ncn1. The predicted octanol–water partition coefficient (Wildman–Crippen LogP) is 3.02. The van der Waals surface area contributed by atoms with Gasteiger partial charge in [0.25, 0.3) is 0 Å². The van der Waals surface area contributed by atoms with E-state index in [1.54, 1.807) is 6.33 Å². The molecule has 3 heteroatoms.